The van der Waals surface area contributed by atoms with Crippen LogP contribution in [0.5, 0.6) is 0 Å². The summed E-state index contributed by atoms with van der Waals surface area (Å²) < 4.78 is 5.06. The van der Waals surface area contributed by atoms with Crippen molar-refractivity contribution in [1.29, 1.82) is 0 Å². The fraction of sp³-hybridized carbons (Fsp3) is 0.533. The van der Waals surface area contributed by atoms with E-state index in [1.54, 1.807) is 0 Å². The molecule has 5 nitrogen and oxygen atoms in total. The Labute approximate surface area is 117 Å². The van der Waals surface area contributed by atoms with Gasteiger partial charge < -0.3 is 4.42 Å². The zero-order valence-corrected chi connectivity index (χ0v) is 11.9. The number of aryl methyl sites for hydroxylation is 1. The average molecular weight is 277 g/mol. The Bertz CT molecular complexity index is 588. The Morgan fingerprint density at radius 2 is 1.95 bits per heavy atom. The summed E-state index contributed by atoms with van der Waals surface area (Å²) in [5.41, 5.74) is 0.641. The van der Waals surface area contributed by atoms with Crippen molar-refractivity contribution in [1.82, 2.24) is 4.90 Å². The second-order valence-electron chi connectivity index (χ2n) is 5.02. The molecule has 0 radical (unpaired) electrons. The lowest BCUT2D eigenvalue weighted by Crippen LogP contribution is -2.43. The first-order chi connectivity index (χ1) is 9.58. The number of hydrogen-bond acceptors (Lipinski definition) is 4. The highest BCUT2D eigenvalue weighted by atomic mass is 16.4. The fourth-order valence-corrected chi connectivity index (χ4v) is 2.47. The number of fused-ring (bicyclic) bond motifs is 1. The lowest BCUT2D eigenvalue weighted by atomic mass is 9.96. The third-order valence-electron chi connectivity index (χ3n) is 3.43. The summed E-state index contributed by atoms with van der Waals surface area (Å²) in [5, 5.41) is 0. The third-order valence-corrected chi connectivity index (χ3v) is 3.43. The van der Waals surface area contributed by atoms with Gasteiger partial charge in [0.05, 0.1) is 12.0 Å². The van der Waals surface area contributed by atoms with Crippen LogP contribution in [0.25, 0.3) is 0 Å². The maximum Gasteiger partial charge on any atom is 0.336 e. The number of rotatable bonds is 5. The van der Waals surface area contributed by atoms with Crippen LogP contribution in [-0.2, 0) is 17.6 Å². The van der Waals surface area contributed by atoms with Crippen LogP contribution in [0.15, 0.2) is 15.3 Å². The molecule has 1 aliphatic heterocycles. The first-order valence-electron chi connectivity index (χ1n) is 7.09. The largest absolute Gasteiger partial charge is 0.426 e. The van der Waals surface area contributed by atoms with Gasteiger partial charge in [-0.1, -0.05) is 20.3 Å². The SMILES string of the molecule is CCCCc1cc(=O)oc2c1C(=O)N(CCC)C(=O)C2. The number of carbonyl (C=O) groups is 2. The summed E-state index contributed by atoms with van der Waals surface area (Å²) in [7, 11) is 0. The van der Waals surface area contributed by atoms with Crippen molar-refractivity contribution in [3.8, 4) is 0 Å². The van der Waals surface area contributed by atoms with E-state index in [0.717, 1.165) is 12.8 Å². The average Bonchev–Trinajstić information content (AvgIpc) is 2.40. The number of hydrogen-bond donors (Lipinski definition) is 0. The standard InChI is InChI=1S/C15H19NO4/c1-3-5-6-10-8-13(18)20-11-9-12(17)16(7-4-2)15(19)14(10)11/h8H,3-7,9H2,1-2H3. The quantitative estimate of drug-likeness (QED) is 0.771. The minimum atomic E-state index is -0.487. The molecular formula is C15H19NO4. The second kappa shape index (κ2) is 6.03. The normalized spacial score (nSPS) is 14.6. The highest BCUT2D eigenvalue weighted by molar-refractivity contribution is 6.09. The van der Waals surface area contributed by atoms with Crippen LogP contribution >= 0.6 is 0 Å². The van der Waals surface area contributed by atoms with Crippen molar-refractivity contribution in [2.24, 2.45) is 0 Å². The van der Waals surface area contributed by atoms with E-state index in [4.69, 9.17) is 4.42 Å². The van der Waals surface area contributed by atoms with E-state index < -0.39 is 5.63 Å². The highest BCUT2D eigenvalue weighted by Crippen LogP contribution is 2.23. The summed E-state index contributed by atoms with van der Waals surface area (Å²) >= 11 is 0. The van der Waals surface area contributed by atoms with Gasteiger partial charge in [-0.3, -0.25) is 14.5 Å². The highest BCUT2D eigenvalue weighted by Gasteiger charge is 2.34. The van der Waals surface area contributed by atoms with Gasteiger partial charge in [0.15, 0.2) is 0 Å². The molecular weight excluding hydrogens is 258 g/mol. The number of nitrogens with zero attached hydrogens (tertiary/aromatic N) is 1. The number of imide groups is 1. The van der Waals surface area contributed by atoms with Crippen molar-refractivity contribution in [3.05, 3.63) is 33.4 Å². The van der Waals surface area contributed by atoms with Crippen molar-refractivity contribution in [3.63, 3.8) is 0 Å². The molecule has 0 spiro atoms. The van der Waals surface area contributed by atoms with E-state index in [9.17, 15) is 14.4 Å². The van der Waals surface area contributed by atoms with Crippen molar-refractivity contribution >= 4 is 11.8 Å². The second-order valence-corrected chi connectivity index (χ2v) is 5.02. The first-order valence-corrected chi connectivity index (χ1v) is 7.09. The van der Waals surface area contributed by atoms with E-state index in [2.05, 4.69) is 0 Å². The number of unbranched alkanes of at least 4 members (excludes halogenated alkanes) is 1. The van der Waals surface area contributed by atoms with Gasteiger partial charge in [-0.2, -0.15) is 0 Å². The minimum Gasteiger partial charge on any atom is -0.426 e. The van der Waals surface area contributed by atoms with E-state index in [0.29, 0.717) is 30.5 Å². The Morgan fingerprint density at radius 3 is 2.60 bits per heavy atom. The summed E-state index contributed by atoms with van der Waals surface area (Å²) in [6.07, 6.45) is 3.24. The van der Waals surface area contributed by atoms with Crippen molar-refractivity contribution < 1.29 is 14.0 Å². The zero-order chi connectivity index (χ0) is 14.7. The van der Waals surface area contributed by atoms with E-state index >= 15 is 0 Å². The van der Waals surface area contributed by atoms with Gasteiger partial charge in [-0.05, 0) is 24.8 Å². The number of carbonyl (C=O) groups excluding carboxylic acids is 2. The smallest absolute Gasteiger partial charge is 0.336 e. The monoisotopic (exact) mass is 277 g/mol. The molecule has 2 amide bonds. The van der Waals surface area contributed by atoms with Gasteiger partial charge in [0.25, 0.3) is 5.91 Å². The molecule has 0 N–H and O–H groups in total. The Balaban J connectivity index is 2.47. The van der Waals surface area contributed by atoms with Gasteiger partial charge in [0, 0.05) is 12.6 Å². The Kier molecular flexibility index (Phi) is 4.37. The van der Waals surface area contributed by atoms with Crippen LogP contribution in [0.2, 0.25) is 0 Å². The van der Waals surface area contributed by atoms with Crippen LogP contribution < -0.4 is 5.63 Å². The van der Waals surface area contributed by atoms with Crippen LogP contribution in [0.4, 0.5) is 0 Å². The maximum absolute atomic E-state index is 12.5. The van der Waals surface area contributed by atoms with E-state index in [1.165, 1.54) is 11.0 Å². The summed E-state index contributed by atoms with van der Waals surface area (Å²) in [4.78, 5) is 37.2. The summed E-state index contributed by atoms with van der Waals surface area (Å²) in [6.45, 7) is 4.37. The molecule has 0 fully saturated rings. The van der Waals surface area contributed by atoms with Crippen LogP contribution in [0.3, 0.4) is 0 Å². The van der Waals surface area contributed by atoms with Gasteiger partial charge >= 0.3 is 5.63 Å². The van der Waals surface area contributed by atoms with Gasteiger partial charge in [0.1, 0.15) is 5.76 Å². The topological polar surface area (TPSA) is 67.6 Å². The van der Waals surface area contributed by atoms with Crippen LogP contribution in [0.1, 0.15) is 54.8 Å². The molecule has 0 unspecified atom stereocenters. The van der Waals surface area contributed by atoms with E-state index in [-0.39, 0.29) is 24.0 Å². The van der Waals surface area contributed by atoms with Crippen LogP contribution in [0, 0.1) is 0 Å². The lowest BCUT2D eigenvalue weighted by Gasteiger charge is -2.26. The zero-order valence-electron chi connectivity index (χ0n) is 11.9. The molecule has 0 saturated carbocycles. The van der Waals surface area contributed by atoms with Crippen molar-refractivity contribution in [2.75, 3.05) is 6.54 Å². The van der Waals surface area contributed by atoms with Crippen LogP contribution in [-0.4, -0.2) is 23.3 Å². The Morgan fingerprint density at radius 1 is 1.20 bits per heavy atom. The van der Waals surface area contributed by atoms with Crippen molar-refractivity contribution in [2.45, 2.75) is 46.0 Å². The van der Waals surface area contributed by atoms with E-state index in [1.807, 2.05) is 13.8 Å². The lowest BCUT2D eigenvalue weighted by molar-refractivity contribution is -0.128. The molecule has 0 saturated heterocycles. The molecule has 108 valence electrons. The molecule has 1 aromatic heterocycles. The predicted octanol–water partition coefficient (Wildman–Crippen LogP) is 1.92. The maximum atomic E-state index is 12.5. The molecule has 0 aliphatic carbocycles. The molecule has 2 rings (SSSR count). The minimum absolute atomic E-state index is 0.00369. The molecule has 0 atom stereocenters. The molecule has 0 bridgehead atoms. The molecule has 2 heterocycles. The molecule has 5 heteroatoms. The molecule has 1 aromatic rings. The summed E-state index contributed by atoms with van der Waals surface area (Å²) in [6, 6.07) is 1.38. The molecule has 1 aliphatic rings. The first kappa shape index (κ1) is 14.5. The van der Waals surface area contributed by atoms with Gasteiger partial charge in [-0.15, -0.1) is 0 Å². The third kappa shape index (κ3) is 2.66. The summed E-state index contributed by atoms with van der Waals surface area (Å²) in [5.74, 6) is -0.390. The molecule has 20 heavy (non-hydrogen) atoms. The molecule has 0 aromatic carbocycles. The number of amides is 2. The van der Waals surface area contributed by atoms with Gasteiger partial charge in [0.2, 0.25) is 5.91 Å². The predicted molar refractivity (Wildman–Crippen MR) is 73.6 cm³/mol. The fourth-order valence-electron chi connectivity index (χ4n) is 2.47. The van der Waals surface area contributed by atoms with Gasteiger partial charge in [-0.25, -0.2) is 4.79 Å². The Hall–Kier alpha value is -1.91.